The van der Waals surface area contributed by atoms with E-state index in [1.54, 1.807) is 11.3 Å². The first-order chi connectivity index (χ1) is 12.0. The summed E-state index contributed by atoms with van der Waals surface area (Å²) in [7, 11) is 0. The van der Waals surface area contributed by atoms with E-state index in [0.29, 0.717) is 24.4 Å². The number of thiazole rings is 1. The van der Waals surface area contributed by atoms with Gasteiger partial charge in [-0.25, -0.2) is 4.98 Å². The summed E-state index contributed by atoms with van der Waals surface area (Å²) in [6.45, 7) is 6.69. The molecule has 1 aliphatic heterocycles. The van der Waals surface area contributed by atoms with Gasteiger partial charge in [-0.3, -0.25) is 4.79 Å². The highest BCUT2D eigenvalue weighted by atomic mass is 79.9. The lowest BCUT2D eigenvalue weighted by molar-refractivity contribution is 0.0745. The van der Waals surface area contributed by atoms with Crippen molar-refractivity contribution in [3.8, 4) is 0 Å². The van der Waals surface area contributed by atoms with Gasteiger partial charge in [0, 0.05) is 30.7 Å². The quantitative estimate of drug-likeness (QED) is 0.623. The van der Waals surface area contributed by atoms with Gasteiger partial charge in [0.15, 0.2) is 5.13 Å². The van der Waals surface area contributed by atoms with Crippen LogP contribution in [0, 0.1) is 13.8 Å². The number of aromatic nitrogens is 1. The van der Waals surface area contributed by atoms with E-state index >= 15 is 0 Å². The van der Waals surface area contributed by atoms with Crippen LogP contribution in [-0.2, 0) is 0 Å². The van der Waals surface area contributed by atoms with Gasteiger partial charge in [0.05, 0.1) is 15.8 Å². The summed E-state index contributed by atoms with van der Waals surface area (Å²) in [6, 6.07) is 7.97. The lowest BCUT2D eigenvalue weighted by atomic mass is 10.2. The number of amides is 1. The first kappa shape index (κ1) is 16.6. The summed E-state index contributed by atoms with van der Waals surface area (Å²) < 4.78 is 7.73. The third-order valence-corrected chi connectivity index (χ3v) is 6.02. The smallest absolute Gasteiger partial charge is 0.257 e. The second kappa shape index (κ2) is 6.46. The molecule has 1 amide bonds. The van der Waals surface area contributed by atoms with Gasteiger partial charge in [-0.05, 0) is 38.1 Å². The van der Waals surface area contributed by atoms with E-state index in [0.717, 1.165) is 34.0 Å². The van der Waals surface area contributed by atoms with Gasteiger partial charge in [-0.1, -0.05) is 27.3 Å². The molecule has 0 atom stereocenters. The molecule has 0 N–H and O–H groups in total. The van der Waals surface area contributed by atoms with Gasteiger partial charge in [0.2, 0.25) is 0 Å². The molecule has 4 rings (SSSR count). The first-order valence-electron chi connectivity index (χ1n) is 8.18. The minimum atomic E-state index is 0.0576. The van der Waals surface area contributed by atoms with Crippen LogP contribution < -0.4 is 4.90 Å². The highest BCUT2D eigenvalue weighted by Gasteiger charge is 2.26. The fourth-order valence-electron chi connectivity index (χ4n) is 3.14. The second-order valence-corrected chi connectivity index (χ2v) is 8.14. The molecule has 1 aliphatic rings. The van der Waals surface area contributed by atoms with E-state index in [9.17, 15) is 4.79 Å². The zero-order chi connectivity index (χ0) is 17.6. The maximum Gasteiger partial charge on any atom is 0.257 e. The van der Waals surface area contributed by atoms with Gasteiger partial charge in [0.1, 0.15) is 11.5 Å². The first-order valence-corrected chi connectivity index (χ1v) is 9.79. The van der Waals surface area contributed by atoms with Gasteiger partial charge >= 0.3 is 0 Å². The van der Waals surface area contributed by atoms with Gasteiger partial charge in [0.25, 0.3) is 5.91 Å². The number of fused-ring (bicyclic) bond motifs is 1. The fourth-order valence-corrected chi connectivity index (χ4v) is 4.70. The van der Waals surface area contributed by atoms with Crippen LogP contribution in [0.25, 0.3) is 10.2 Å². The number of aryl methyl sites for hydroxylation is 2. The van der Waals surface area contributed by atoms with E-state index < -0.39 is 0 Å². The number of anilines is 1. The molecule has 0 aliphatic carbocycles. The molecule has 3 heterocycles. The zero-order valence-corrected chi connectivity index (χ0v) is 16.5. The Bertz CT molecular complexity index is 941. The molecule has 1 fully saturated rings. The van der Waals surface area contributed by atoms with Crippen LogP contribution in [0.4, 0.5) is 5.13 Å². The molecule has 25 heavy (non-hydrogen) atoms. The van der Waals surface area contributed by atoms with E-state index in [-0.39, 0.29) is 5.91 Å². The molecule has 0 radical (unpaired) electrons. The maximum atomic E-state index is 12.7. The molecule has 5 nitrogen and oxygen atoms in total. The van der Waals surface area contributed by atoms with Crippen LogP contribution in [0.15, 0.2) is 33.2 Å². The van der Waals surface area contributed by atoms with Crippen LogP contribution >= 0.6 is 27.3 Å². The molecule has 0 bridgehead atoms. The number of rotatable bonds is 2. The summed E-state index contributed by atoms with van der Waals surface area (Å²) in [4.78, 5) is 21.6. The highest BCUT2D eigenvalue weighted by molar-refractivity contribution is 9.10. The van der Waals surface area contributed by atoms with Gasteiger partial charge in [-0.15, -0.1) is 0 Å². The summed E-state index contributed by atoms with van der Waals surface area (Å²) in [6.07, 6.45) is 0. The molecule has 1 saturated heterocycles. The number of furan rings is 1. The minimum Gasteiger partial charge on any atom is -0.466 e. The zero-order valence-electron chi connectivity index (χ0n) is 14.1. The van der Waals surface area contributed by atoms with E-state index in [4.69, 9.17) is 9.40 Å². The summed E-state index contributed by atoms with van der Waals surface area (Å²) in [5.41, 5.74) is 1.70. The largest absolute Gasteiger partial charge is 0.466 e. The normalized spacial score (nSPS) is 15.2. The number of hydrogen-bond acceptors (Lipinski definition) is 5. The summed E-state index contributed by atoms with van der Waals surface area (Å²) >= 11 is 5.20. The molecule has 2 aromatic heterocycles. The Hall–Kier alpha value is -1.86. The van der Waals surface area contributed by atoms with Crippen LogP contribution in [0.2, 0.25) is 0 Å². The number of carbonyl (C=O) groups is 1. The molecular weight excluding hydrogens is 402 g/mol. The molecule has 0 saturated carbocycles. The summed E-state index contributed by atoms with van der Waals surface area (Å²) in [5, 5.41) is 1.02. The highest BCUT2D eigenvalue weighted by Crippen LogP contribution is 2.31. The van der Waals surface area contributed by atoms with Crippen LogP contribution in [0.5, 0.6) is 0 Å². The predicted octanol–water partition coefficient (Wildman–Crippen LogP) is 4.23. The topological polar surface area (TPSA) is 49.6 Å². The van der Waals surface area contributed by atoms with Crippen molar-refractivity contribution in [2.75, 3.05) is 31.1 Å². The molecule has 130 valence electrons. The fraction of sp³-hybridized carbons (Fsp3) is 0.333. The molecular formula is C18H18BrN3O2S. The third-order valence-electron chi connectivity index (χ3n) is 4.45. The Balaban J connectivity index is 1.47. The predicted molar refractivity (Wildman–Crippen MR) is 104 cm³/mol. The monoisotopic (exact) mass is 419 g/mol. The number of carbonyl (C=O) groups excluding carboxylic acids is 1. The summed E-state index contributed by atoms with van der Waals surface area (Å²) in [5.74, 6) is 1.53. The Labute approximate surface area is 158 Å². The van der Waals surface area contributed by atoms with Crippen molar-refractivity contribution in [2.45, 2.75) is 13.8 Å². The van der Waals surface area contributed by atoms with Gasteiger partial charge in [-0.2, -0.15) is 0 Å². The van der Waals surface area contributed by atoms with Crippen molar-refractivity contribution in [2.24, 2.45) is 0 Å². The third kappa shape index (κ3) is 3.18. The molecule has 7 heteroatoms. The van der Waals surface area contributed by atoms with Crippen LogP contribution in [0.3, 0.4) is 0 Å². The molecule has 0 spiro atoms. The van der Waals surface area contributed by atoms with E-state index in [1.165, 1.54) is 4.70 Å². The van der Waals surface area contributed by atoms with Gasteiger partial charge < -0.3 is 14.2 Å². The van der Waals surface area contributed by atoms with Crippen molar-refractivity contribution >= 4 is 48.5 Å². The Kier molecular flexibility index (Phi) is 4.29. The van der Waals surface area contributed by atoms with Crippen molar-refractivity contribution < 1.29 is 9.21 Å². The molecule has 3 aromatic rings. The number of piperazine rings is 1. The number of benzene rings is 1. The second-order valence-electron chi connectivity index (χ2n) is 6.21. The maximum absolute atomic E-state index is 12.7. The standard InChI is InChI=1S/C18H18BrN3O2S/c1-11-9-14(12(2)24-11)17(23)21-5-7-22(8-6-21)18-20-15-4-3-13(19)10-16(15)25-18/h3-4,9-10H,5-8H2,1-2H3. The van der Waals surface area contributed by atoms with Crippen LogP contribution in [-0.4, -0.2) is 42.0 Å². The van der Waals surface area contributed by atoms with Crippen molar-refractivity contribution in [3.05, 3.63) is 45.8 Å². The lowest BCUT2D eigenvalue weighted by Crippen LogP contribution is -2.48. The number of nitrogens with zero attached hydrogens (tertiary/aromatic N) is 3. The minimum absolute atomic E-state index is 0.0576. The number of hydrogen-bond donors (Lipinski definition) is 0. The Morgan fingerprint density at radius 3 is 2.64 bits per heavy atom. The average Bonchev–Trinajstić information content (AvgIpc) is 3.16. The van der Waals surface area contributed by atoms with Crippen molar-refractivity contribution in [3.63, 3.8) is 0 Å². The lowest BCUT2D eigenvalue weighted by Gasteiger charge is -2.34. The number of halogens is 1. The Morgan fingerprint density at radius 2 is 1.96 bits per heavy atom. The van der Waals surface area contributed by atoms with Crippen LogP contribution in [0.1, 0.15) is 21.9 Å². The molecule has 0 unspecified atom stereocenters. The van der Waals surface area contributed by atoms with Crippen molar-refractivity contribution in [1.29, 1.82) is 0 Å². The van der Waals surface area contributed by atoms with Crippen molar-refractivity contribution in [1.82, 2.24) is 9.88 Å². The Morgan fingerprint density at radius 1 is 1.20 bits per heavy atom. The van der Waals surface area contributed by atoms with E-state index in [1.807, 2.05) is 36.9 Å². The van der Waals surface area contributed by atoms with E-state index in [2.05, 4.69) is 26.9 Å². The SMILES string of the molecule is Cc1cc(C(=O)N2CCN(c3nc4ccc(Br)cc4s3)CC2)c(C)o1. The average molecular weight is 420 g/mol. The molecule has 1 aromatic carbocycles.